The van der Waals surface area contributed by atoms with Crippen LogP contribution in [0.2, 0.25) is 0 Å². The Labute approximate surface area is 288 Å². The molecule has 16 nitrogen and oxygen atoms in total. The van der Waals surface area contributed by atoms with Crippen molar-refractivity contribution in [1.82, 2.24) is 35.7 Å². The van der Waals surface area contributed by atoms with Crippen LogP contribution in [0.3, 0.4) is 0 Å². The molecule has 5 N–H and O–H groups in total. The minimum Gasteiger partial charge on any atom is -0.384 e. The second-order valence-corrected chi connectivity index (χ2v) is 14.2. The lowest BCUT2D eigenvalue weighted by Gasteiger charge is -2.37. The molecular weight excluding hydrogens is 648 g/mol. The third-order valence-corrected chi connectivity index (χ3v) is 10.3. The third kappa shape index (κ3) is 7.12. The summed E-state index contributed by atoms with van der Waals surface area (Å²) in [5.74, 6) is -3.70. The van der Waals surface area contributed by atoms with Gasteiger partial charge in [-0.3, -0.25) is 24.0 Å². The summed E-state index contributed by atoms with van der Waals surface area (Å²) in [6.45, 7) is 3.40. The Bertz CT molecular complexity index is 1750. The highest BCUT2D eigenvalue weighted by Crippen LogP contribution is 2.34. The van der Waals surface area contributed by atoms with Gasteiger partial charge in [-0.1, -0.05) is 54.6 Å². The van der Waals surface area contributed by atoms with Crippen LogP contribution in [0.15, 0.2) is 35.0 Å². The van der Waals surface area contributed by atoms with Gasteiger partial charge in [-0.15, -0.1) is 5.10 Å². The Morgan fingerprint density at radius 3 is 2.52 bits per heavy atom. The molecule has 2 saturated heterocycles. The fraction of sp³-hybridized carbons (Fsp3) is 0.588. The molecule has 3 atom stereocenters. The van der Waals surface area contributed by atoms with Crippen molar-refractivity contribution in [2.24, 2.45) is 11.7 Å². The van der Waals surface area contributed by atoms with Gasteiger partial charge in [0.15, 0.2) is 11.3 Å². The van der Waals surface area contributed by atoms with E-state index in [0.29, 0.717) is 23.1 Å². The van der Waals surface area contributed by atoms with Gasteiger partial charge in [-0.25, -0.2) is 4.68 Å². The first kappa shape index (κ1) is 35.1. The molecule has 3 fully saturated rings. The molecule has 0 spiro atoms. The van der Waals surface area contributed by atoms with Crippen molar-refractivity contribution in [3.63, 3.8) is 0 Å². The van der Waals surface area contributed by atoms with Crippen LogP contribution >= 0.6 is 0 Å². The van der Waals surface area contributed by atoms with E-state index in [2.05, 4.69) is 26.1 Å². The van der Waals surface area contributed by atoms with Crippen LogP contribution in [0.4, 0.5) is 0 Å². The van der Waals surface area contributed by atoms with Crippen molar-refractivity contribution in [3.8, 4) is 0 Å². The summed E-state index contributed by atoms with van der Waals surface area (Å²) >= 11 is 0. The number of carbonyl (C=O) groups excluding carboxylic acids is 5. The number of aromatic nitrogens is 4. The highest BCUT2D eigenvalue weighted by atomic mass is 16.5. The predicted octanol–water partition coefficient (Wildman–Crippen LogP) is 1.28. The summed E-state index contributed by atoms with van der Waals surface area (Å²) in [5, 5.41) is 29.2. The minimum absolute atomic E-state index is 0.00678. The molecule has 16 heteroatoms. The van der Waals surface area contributed by atoms with Crippen LogP contribution in [-0.4, -0.2) is 97.0 Å². The molecule has 0 bridgehead atoms. The molecule has 268 valence electrons. The number of nitrogens with one attached hydrogen (secondary N) is 2. The van der Waals surface area contributed by atoms with Crippen LogP contribution < -0.4 is 16.4 Å². The van der Waals surface area contributed by atoms with Crippen molar-refractivity contribution in [2.75, 3.05) is 19.8 Å². The first-order valence-corrected chi connectivity index (χ1v) is 17.2. The monoisotopic (exact) mass is 692 g/mol. The Morgan fingerprint density at radius 1 is 1.10 bits per heavy atom. The smallest absolute Gasteiger partial charge is 0.287 e. The lowest BCUT2D eigenvalue weighted by molar-refractivity contribution is -0.147. The number of ether oxygens (including phenoxy) is 1. The van der Waals surface area contributed by atoms with Gasteiger partial charge in [0.05, 0.1) is 23.3 Å². The maximum atomic E-state index is 14.7. The van der Waals surface area contributed by atoms with Gasteiger partial charge in [0.25, 0.3) is 11.8 Å². The summed E-state index contributed by atoms with van der Waals surface area (Å²) < 4.78 is 12.3. The molecule has 3 aliphatic rings. The second kappa shape index (κ2) is 14.3. The van der Waals surface area contributed by atoms with Gasteiger partial charge in [0.1, 0.15) is 23.2 Å². The van der Waals surface area contributed by atoms with E-state index in [4.69, 9.17) is 15.0 Å². The molecule has 2 aromatic heterocycles. The number of hydrogen-bond acceptors (Lipinski definition) is 11. The number of ketones is 1. The van der Waals surface area contributed by atoms with Crippen molar-refractivity contribution >= 4 is 40.4 Å². The molecular formula is C34H44N8O8. The molecule has 1 saturated carbocycles. The Hall–Kier alpha value is -4.70. The fourth-order valence-electron chi connectivity index (χ4n) is 7.57. The number of primary amides is 1. The zero-order valence-electron chi connectivity index (χ0n) is 28.3. The van der Waals surface area contributed by atoms with Crippen LogP contribution in [-0.2, 0) is 29.5 Å². The number of nitrogens with two attached hydrogens (primary N) is 1. The average Bonchev–Trinajstić information content (AvgIpc) is 3.87. The summed E-state index contributed by atoms with van der Waals surface area (Å²) in [6.07, 6.45) is 6.79. The Balaban J connectivity index is 1.34. The van der Waals surface area contributed by atoms with E-state index < -0.39 is 58.7 Å². The highest BCUT2D eigenvalue weighted by Gasteiger charge is 2.49. The van der Waals surface area contributed by atoms with Crippen LogP contribution in [0.25, 0.3) is 11.0 Å². The summed E-state index contributed by atoms with van der Waals surface area (Å²) in [7, 11) is 0. The normalized spacial score (nSPS) is 21.9. The van der Waals surface area contributed by atoms with E-state index in [1.54, 1.807) is 38.1 Å². The van der Waals surface area contributed by atoms with E-state index in [1.165, 1.54) is 15.8 Å². The maximum absolute atomic E-state index is 14.7. The van der Waals surface area contributed by atoms with Crippen molar-refractivity contribution < 1.29 is 38.3 Å². The van der Waals surface area contributed by atoms with Crippen LogP contribution in [0.1, 0.15) is 93.9 Å². The number of hydrogen-bond donors (Lipinski definition) is 4. The Kier molecular flexibility index (Phi) is 10.0. The Morgan fingerprint density at radius 2 is 1.82 bits per heavy atom. The van der Waals surface area contributed by atoms with Gasteiger partial charge in [-0.2, -0.15) is 0 Å². The molecule has 50 heavy (non-hydrogen) atoms. The van der Waals surface area contributed by atoms with Crippen LogP contribution in [0.5, 0.6) is 0 Å². The van der Waals surface area contributed by atoms with Gasteiger partial charge in [0.2, 0.25) is 17.6 Å². The molecule has 1 unspecified atom stereocenters. The number of rotatable bonds is 11. The fourth-order valence-corrected chi connectivity index (χ4v) is 7.57. The molecule has 0 radical (unpaired) electrons. The van der Waals surface area contributed by atoms with E-state index in [-0.39, 0.29) is 50.6 Å². The molecule has 6 rings (SSSR count). The first-order chi connectivity index (χ1) is 23.9. The van der Waals surface area contributed by atoms with Crippen molar-refractivity contribution in [3.05, 3.63) is 41.9 Å². The average molecular weight is 693 g/mol. The van der Waals surface area contributed by atoms with Gasteiger partial charge < -0.3 is 35.6 Å². The number of amides is 4. The molecule has 1 aromatic carbocycles. The quantitative estimate of drug-likeness (QED) is 0.209. The maximum Gasteiger partial charge on any atom is 0.287 e. The van der Waals surface area contributed by atoms with Crippen molar-refractivity contribution in [2.45, 2.75) is 101 Å². The van der Waals surface area contributed by atoms with Gasteiger partial charge in [0, 0.05) is 39.0 Å². The number of Topliss-reactive ketones (excluding diaryl/α,β-unsaturated/α-hetero) is 1. The number of likely N-dealkylation sites (tertiary alicyclic amines) is 1. The number of fused-ring (bicyclic) bond motifs is 1. The van der Waals surface area contributed by atoms with Gasteiger partial charge in [-0.05, 0) is 38.3 Å². The molecule has 3 aromatic rings. The highest BCUT2D eigenvalue weighted by molar-refractivity contribution is 6.39. The second-order valence-electron chi connectivity index (χ2n) is 14.2. The third-order valence-electron chi connectivity index (χ3n) is 10.3. The largest absolute Gasteiger partial charge is 0.384 e. The zero-order chi connectivity index (χ0) is 35.6. The summed E-state index contributed by atoms with van der Waals surface area (Å²) in [6, 6.07) is 4.17. The summed E-state index contributed by atoms with van der Waals surface area (Å²) in [5.41, 5.74) is 3.33. The van der Waals surface area contributed by atoms with Crippen LogP contribution in [0, 0.1) is 5.92 Å². The number of para-hydroxylation sites is 1. The molecule has 1 aliphatic carbocycles. The number of aliphatic hydroxyl groups is 1. The molecule has 4 heterocycles. The molecule has 2 aliphatic heterocycles. The number of nitrogens with zero attached hydrogens (tertiary/aromatic N) is 5. The number of carbonyl (C=O) groups is 5. The van der Waals surface area contributed by atoms with E-state index in [0.717, 1.165) is 32.1 Å². The lowest BCUT2D eigenvalue weighted by atomic mass is 9.84. The first-order valence-electron chi connectivity index (χ1n) is 17.2. The topological polar surface area (TPSA) is 225 Å². The zero-order valence-corrected chi connectivity index (χ0v) is 28.3. The predicted molar refractivity (Wildman–Crippen MR) is 176 cm³/mol. The lowest BCUT2D eigenvalue weighted by Crippen LogP contribution is -2.64. The molecule has 4 amide bonds. The standard InChI is InChI=1S/C34H44N8O8/c1-33(2,48)26-18-36-40-42(26)21-17-24(30(45)38-34(28(43)29(35)44)12-14-49-15-13-34)41(19-21)32(47)23(16-20-8-4-3-5-9-20)37-31(46)27-22-10-6-7-11-25(22)50-39-27/h6-7,10-11,18,20-21,23-24,48H,3-5,8-9,12-17,19H2,1-2H3,(H2,35,44)(H,37,46)(H,38,45)/t21-,23?,24-/m0/s1. The summed E-state index contributed by atoms with van der Waals surface area (Å²) in [4.78, 5) is 69.4. The van der Waals surface area contributed by atoms with E-state index >= 15 is 0 Å². The number of benzene rings is 1. The minimum atomic E-state index is -1.59. The van der Waals surface area contributed by atoms with E-state index in [1.807, 2.05) is 0 Å². The van der Waals surface area contributed by atoms with Crippen molar-refractivity contribution in [1.29, 1.82) is 0 Å². The SMILES string of the molecule is CC(C)(O)c1cnnn1[C@H]1C[C@@H](C(=O)NC2(C(=O)C(N)=O)CCOCC2)N(C(=O)C(CC2CCCCC2)NC(=O)c2noc3ccccc23)C1. The van der Waals surface area contributed by atoms with Gasteiger partial charge >= 0.3 is 0 Å². The van der Waals surface area contributed by atoms with E-state index in [9.17, 15) is 29.1 Å².